The van der Waals surface area contributed by atoms with Crippen molar-refractivity contribution in [3.05, 3.63) is 0 Å². The molecule has 0 N–H and O–H groups in total. The first kappa shape index (κ1) is 11.8. The van der Waals surface area contributed by atoms with Crippen LogP contribution in [-0.4, -0.2) is 16.0 Å². The molecule has 2 bridgehead atoms. The molecule has 0 saturated heterocycles. The molecule has 2 aliphatic rings. The molecule has 2 fully saturated rings. The van der Waals surface area contributed by atoms with Crippen molar-refractivity contribution < 1.29 is 9.53 Å². The smallest absolute Gasteiger partial charge is 0.155 e. The van der Waals surface area contributed by atoms with E-state index < -0.39 is 0 Å². The molecule has 0 amide bonds. The second-order valence-electron chi connectivity index (χ2n) is 5.26. The van der Waals surface area contributed by atoms with Gasteiger partial charge in [0.1, 0.15) is 10.2 Å². The molecule has 15 heavy (non-hydrogen) atoms. The van der Waals surface area contributed by atoms with Crippen LogP contribution >= 0.6 is 22.6 Å². The Balaban J connectivity index is 1.93. The molecule has 2 nitrogen and oxygen atoms in total. The van der Waals surface area contributed by atoms with Crippen LogP contribution < -0.4 is 0 Å². The summed E-state index contributed by atoms with van der Waals surface area (Å²) < 4.78 is 5.63. The monoisotopic (exact) mass is 322 g/mol. The topological polar surface area (TPSA) is 26.3 Å². The molecular formula is C12H19IO2. The molecule has 0 aromatic heterocycles. The van der Waals surface area contributed by atoms with Gasteiger partial charge in [-0.1, -0.05) is 6.42 Å². The summed E-state index contributed by atoms with van der Waals surface area (Å²) in [4.78, 5) is 10.9. The van der Waals surface area contributed by atoms with Crippen molar-refractivity contribution in [1.82, 2.24) is 0 Å². The van der Waals surface area contributed by atoms with Crippen LogP contribution in [0.4, 0.5) is 0 Å². The van der Waals surface area contributed by atoms with E-state index in [4.69, 9.17) is 4.74 Å². The summed E-state index contributed by atoms with van der Waals surface area (Å²) in [5.74, 6) is 2.58. The second-order valence-corrected chi connectivity index (χ2v) is 7.40. The Bertz CT molecular complexity index is 262. The molecule has 0 heterocycles. The lowest BCUT2D eigenvalue weighted by Crippen LogP contribution is -2.36. The first-order valence-electron chi connectivity index (χ1n) is 5.81. The molecule has 0 aromatic carbocycles. The van der Waals surface area contributed by atoms with E-state index in [9.17, 15) is 4.79 Å². The van der Waals surface area contributed by atoms with Crippen LogP contribution in [0.1, 0.15) is 39.5 Å². The Hall–Kier alpha value is 0.360. The highest BCUT2D eigenvalue weighted by Gasteiger charge is 2.48. The fourth-order valence-electron chi connectivity index (χ4n) is 3.23. The van der Waals surface area contributed by atoms with Gasteiger partial charge in [-0.05, 0) is 73.5 Å². The van der Waals surface area contributed by atoms with Gasteiger partial charge in [-0.2, -0.15) is 0 Å². The van der Waals surface area contributed by atoms with Gasteiger partial charge in [-0.25, -0.2) is 0 Å². The molecular weight excluding hydrogens is 303 g/mol. The molecule has 86 valence electrons. The van der Waals surface area contributed by atoms with Crippen molar-refractivity contribution in [2.45, 2.75) is 43.1 Å². The number of ether oxygens (including phenoxy) is 1. The highest BCUT2D eigenvalue weighted by atomic mass is 127. The number of hydrogen-bond acceptors (Lipinski definition) is 2. The molecule has 2 rings (SSSR count). The van der Waals surface area contributed by atoms with E-state index in [1.165, 1.54) is 25.7 Å². The minimum absolute atomic E-state index is 0.126. The van der Waals surface area contributed by atoms with Gasteiger partial charge in [0.15, 0.2) is 5.78 Å². The Morgan fingerprint density at radius 1 is 1.47 bits per heavy atom. The largest absolute Gasteiger partial charge is 0.357 e. The number of ketones is 1. The number of alkyl halides is 1. The Morgan fingerprint density at radius 3 is 2.67 bits per heavy atom. The molecule has 0 spiro atoms. The van der Waals surface area contributed by atoms with E-state index in [-0.39, 0.29) is 16.0 Å². The maximum absolute atomic E-state index is 10.9. The summed E-state index contributed by atoms with van der Waals surface area (Å²) in [6.07, 6.45) is 5.49. The standard InChI is InChI=1S/C12H19IO2/c1-8(14)7-15-12(2,13)11-6-9-3-4-10(11)5-9/h9-11H,3-7H2,1-2H3. The molecule has 4 unspecified atom stereocenters. The number of hydrogen-bond donors (Lipinski definition) is 0. The van der Waals surface area contributed by atoms with E-state index >= 15 is 0 Å². The van der Waals surface area contributed by atoms with Crippen molar-refractivity contribution in [2.75, 3.05) is 6.61 Å². The number of fused-ring (bicyclic) bond motifs is 2. The Morgan fingerprint density at radius 2 is 2.20 bits per heavy atom. The quantitative estimate of drug-likeness (QED) is 0.587. The third-order valence-corrected chi connectivity index (χ3v) is 5.07. The van der Waals surface area contributed by atoms with Crippen LogP contribution in [0.15, 0.2) is 0 Å². The van der Waals surface area contributed by atoms with E-state index in [0.29, 0.717) is 5.92 Å². The van der Waals surface area contributed by atoms with Gasteiger partial charge in [0.2, 0.25) is 0 Å². The lowest BCUT2D eigenvalue weighted by Gasteiger charge is -2.35. The van der Waals surface area contributed by atoms with Gasteiger partial charge in [0.25, 0.3) is 0 Å². The van der Waals surface area contributed by atoms with Crippen LogP contribution in [0.2, 0.25) is 0 Å². The normalized spacial score (nSPS) is 37.9. The average Bonchev–Trinajstić information content (AvgIpc) is 2.76. The van der Waals surface area contributed by atoms with E-state index in [1.807, 2.05) is 0 Å². The minimum atomic E-state index is -0.136. The van der Waals surface area contributed by atoms with Gasteiger partial charge >= 0.3 is 0 Å². The highest BCUT2D eigenvalue weighted by Crippen LogP contribution is 2.54. The summed E-state index contributed by atoms with van der Waals surface area (Å²) in [5.41, 5.74) is 0. The molecule has 2 aliphatic carbocycles. The molecule has 0 aromatic rings. The van der Waals surface area contributed by atoms with Gasteiger partial charge < -0.3 is 4.74 Å². The van der Waals surface area contributed by atoms with E-state index in [0.717, 1.165) is 11.8 Å². The van der Waals surface area contributed by atoms with Gasteiger partial charge in [-0.15, -0.1) is 0 Å². The number of carbonyl (C=O) groups excluding carboxylic acids is 1. The van der Waals surface area contributed by atoms with Crippen LogP contribution in [-0.2, 0) is 9.53 Å². The molecule has 0 aliphatic heterocycles. The SMILES string of the molecule is CC(=O)COC(C)(I)C1CC2CCC1C2. The summed E-state index contributed by atoms with van der Waals surface area (Å²) >= 11 is 2.40. The van der Waals surface area contributed by atoms with Crippen molar-refractivity contribution in [2.24, 2.45) is 17.8 Å². The number of carbonyl (C=O) groups is 1. The predicted molar refractivity (Wildman–Crippen MR) is 68.0 cm³/mol. The Kier molecular flexibility index (Phi) is 3.41. The first-order chi connectivity index (χ1) is 6.99. The van der Waals surface area contributed by atoms with Crippen LogP contribution in [0.3, 0.4) is 0 Å². The van der Waals surface area contributed by atoms with E-state index in [1.54, 1.807) is 6.92 Å². The Labute approximate surface area is 105 Å². The van der Waals surface area contributed by atoms with Crippen molar-refractivity contribution >= 4 is 28.4 Å². The fourth-order valence-corrected chi connectivity index (χ4v) is 4.14. The van der Waals surface area contributed by atoms with Crippen molar-refractivity contribution in [3.63, 3.8) is 0 Å². The van der Waals surface area contributed by atoms with Crippen molar-refractivity contribution in [1.29, 1.82) is 0 Å². The first-order valence-corrected chi connectivity index (χ1v) is 6.89. The fraction of sp³-hybridized carbons (Fsp3) is 0.917. The number of Topliss-reactive ketones (excluding diaryl/α,β-unsaturated/α-hetero) is 1. The lowest BCUT2D eigenvalue weighted by atomic mass is 9.85. The summed E-state index contributed by atoms with van der Waals surface area (Å²) in [6, 6.07) is 0. The second kappa shape index (κ2) is 4.32. The molecule has 0 radical (unpaired) electrons. The van der Waals surface area contributed by atoms with Crippen LogP contribution in [0.25, 0.3) is 0 Å². The number of halogens is 1. The zero-order valence-electron chi connectivity index (χ0n) is 9.46. The lowest BCUT2D eigenvalue weighted by molar-refractivity contribution is -0.125. The highest BCUT2D eigenvalue weighted by molar-refractivity contribution is 14.1. The average molecular weight is 322 g/mol. The molecule has 2 saturated carbocycles. The maximum Gasteiger partial charge on any atom is 0.155 e. The molecule has 3 heteroatoms. The van der Waals surface area contributed by atoms with Gasteiger partial charge in [-0.3, -0.25) is 4.79 Å². The third-order valence-electron chi connectivity index (χ3n) is 3.96. The van der Waals surface area contributed by atoms with Crippen LogP contribution in [0, 0.1) is 17.8 Å². The van der Waals surface area contributed by atoms with Crippen LogP contribution in [0.5, 0.6) is 0 Å². The van der Waals surface area contributed by atoms with Gasteiger partial charge in [0.05, 0.1) is 0 Å². The zero-order chi connectivity index (χ0) is 11.1. The zero-order valence-corrected chi connectivity index (χ0v) is 11.6. The molecule has 4 atom stereocenters. The summed E-state index contributed by atoms with van der Waals surface area (Å²) in [6.45, 7) is 4.00. The third kappa shape index (κ3) is 2.54. The van der Waals surface area contributed by atoms with E-state index in [2.05, 4.69) is 29.5 Å². The summed E-state index contributed by atoms with van der Waals surface area (Å²) in [5, 5.41) is 0. The van der Waals surface area contributed by atoms with Crippen molar-refractivity contribution in [3.8, 4) is 0 Å². The summed E-state index contributed by atoms with van der Waals surface area (Å²) in [7, 11) is 0. The maximum atomic E-state index is 10.9. The minimum Gasteiger partial charge on any atom is -0.357 e. The number of rotatable bonds is 4. The van der Waals surface area contributed by atoms with Gasteiger partial charge in [0, 0.05) is 0 Å². The predicted octanol–water partition coefficient (Wildman–Crippen LogP) is 3.18.